The Hall–Kier alpha value is -2.54. The van der Waals surface area contributed by atoms with Crippen LogP contribution < -0.4 is 15.4 Å². The molecule has 0 aliphatic heterocycles. The molecule has 1 unspecified atom stereocenters. The van der Waals surface area contributed by atoms with Gasteiger partial charge in [-0.05, 0) is 31.0 Å². The maximum absolute atomic E-state index is 11.8. The van der Waals surface area contributed by atoms with E-state index in [4.69, 9.17) is 11.2 Å². The molecule has 28 heavy (non-hydrogen) atoms. The van der Waals surface area contributed by atoms with E-state index in [0.29, 0.717) is 23.5 Å². The number of hydrogen-bond acceptors (Lipinski definition) is 5. The zero-order valence-corrected chi connectivity index (χ0v) is 16.6. The van der Waals surface area contributed by atoms with Crippen LogP contribution >= 0.6 is 0 Å². The molecule has 1 saturated carbocycles. The summed E-state index contributed by atoms with van der Waals surface area (Å²) in [5.74, 6) is 2.95. The zero-order chi connectivity index (χ0) is 20.6. The smallest absolute Gasteiger partial charge is 0.226 e. The fraction of sp³-hybridized carbons (Fsp3) is 0.545. The number of benzene rings is 1. The second-order valence-electron chi connectivity index (χ2n) is 7.60. The number of ether oxygens (including phenoxy) is 1. The van der Waals surface area contributed by atoms with Crippen LogP contribution in [-0.2, 0) is 4.79 Å². The van der Waals surface area contributed by atoms with Crippen LogP contribution in [0.25, 0.3) is 0 Å². The first-order valence-corrected chi connectivity index (χ1v) is 9.78. The van der Waals surface area contributed by atoms with Gasteiger partial charge in [-0.15, -0.1) is 6.42 Å². The van der Waals surface area contributed by atoms with Gasteiger partial charge in [0.2, 0.25) is 5.91 Å². The first kappa shape index (κ1) is 21.8. The van der Waals surface area contributed by atoms with Crippen LogP contribution in [0.5, 0.6) is 5.75 Å². The van der Waals surface area contributed by atoms with Crippen LogP contribution in [0.2, 0.25) is 0 Å². The molecule has 1 atom stereocenters. The third-order valence-electron chi connectivity index (χ3n) is 4.98. The molecule has 6 heteroatoms. The summed E-state index contributed by atoms with van der Waals surface area (Å²) in [7, 11) is 0. The number of aliphatic hydroxyl groups is 1. The van der Waals surface area contributed by atoms with Crippen molar-refractivity contribution in [3.8, 4) is 24.2 Å². The number of nitriles is 1. The molecule has 3 N–H and O–H groups in total. The number of amides is 1. The average molecular weight is 383 g/mol. The lowest BCUT2D eigenvalue weighted by Gasteiger charge is -2.34. The van der Waals surface area contributed by atoms with Gasteiger partial charge in [0.05, 0.1) is 11.1 Å². The van der Waals surface area contributed by atoms with Crippen molar-refractivity contribution in [1.29, 1.82) is 5.26 Å². The van der Waals surface area contributed by atoms with Crippen molar-refractivity contribution >= 4 is 11.6 Å². The zero-order valence-electron chi connectivity index (χ0n) is 16.6. The molecule has 0 radical (unpaired) electrons. The van der Waals surface area contributed by atoms with E-state index < -0.39 is 6.10 Å². The number of aliphatic hydroxyl groups excluding tert-OH is 1. The fourth-order valence-corrected chi connectivity index (χ4v) is 3.19. The molecule has 1 aliphatic rings. The summed E-state index contributed by atoms with van der Waals surface area (Å²) in [6.07, 6.45) is 10.2. The number of nitrogens with zero attached hydrogens (tertiary/aromatic N) is 1. The average Bonchev–Trinajstić information content (AvgIpc) is 2.71. The molecule has 1 aromatic carbocycles. The Labute approximate surface area is 167 Å². The fourth-order valence-electron chi connectivity index (χ4n) is 3.19. The Bertz CT molecular complexity index is 755. The molecule has 150 valence electrons. The molecule has 1 aliphatic carbocycles. The van der Waals surface area contributed by atoms with Gasteiger partial charge in [0.1, 0.15) is 24.5 Å². The van der Waals surface area contributed by atoms with Crippen molar-refractivity contribution in [3.05, 3.63) is 23.8 Å². The highest BCUT2D eigenvalue weighted by Crippen LogP contribution is 2.27. The summed E-state index contributed by atoms with van der Waals surface area (Å²) in [5.41, 5.74) is 0.500. The number of terminal acetylenes is 1. The topological polar surface area (TPSA) is 94.4 Å². The van der Waals surface area contributed by atoms with E-state index >= 15 is 0 Å². The van der Waals surface area contributed by atoms with Gasteiger partial charge in [-0.25, -0.2) is 0 Å². The largest absolute Gasteiger partial charge is 0.489 e. The minimum Gasteiger partial charge on any atom is -0.489 e. The van der Waals surface area contributed by atoms with Crippen molar-refractivity contribution in [2.75, 3.05) is 18.5 Å². The third-order valence-corrected chi connectivity index (χ3v) is 4.98. The Morgan fingerprint density at radius 1 is 1.36 bits per heavy atom. The summed E-state index contributed by atoms with van der Waals surface area (Å²) < 4.78 is 5.63. The minimum absolute atomic E-state index is 0.0417. The number of hydrogen-bond donors (Lipinski definition) is 3. The molecule has 0 bridgehead atoms. The lowest BCUT2D eigenvalue weighted by molar-refractivity contribution is -0.118. The van der Waals surface area contributed by atoms with Gasteiger partial charge in [0, 0.05) is 18.2 Å². The van der Waals surface area contributed by atoms with E-state index in [1.165, 1.54) is 6.42 Å². The highest BCUT2D eigenvalue weighted by molar-refractivity contribution is 5.92. The molecule has 0 saturated heterocycles. The Morgan fingerprint density at radius 3 is 2.68 bits per heavy atom. The number of rotatable bonds is 8. The van der Waals surface area contributed by atoms with E-state index in [1.807, 2.05) is 0 Å². The Balaban J connectivity index is 1.90. The van der Waals surface area contributed by atoms with E-state index in [0.717, 1.165) is 25.7 Å². The van der Waals surface area contributed by atoms with Gasteiger partial charge in [-0.2, -0.15) is 5.26 Å². The number of β-amino-alcohol motifs (C(OH)–C–C–N with tert-alkyl or cyclic N) is 1. The van der Waals surface area contributed by atoms with Gasteiger partial charge in [-0.1, -0.05) is 39.0 Å². The van der Waals surface area contributed by atoms with Crippen LogP contribution in [0.4, 0.5) is 5.69 Å². The van der Waals surface area contributed by atoms with Crippen molar-refractivity contribution in [2.24, 2.45) is 5.92 Å². The lowest BCUT2D eigenvalue weighted by Crippen LogP contribution is -2.49. The summed E-state index contributed by atoms with van der Waals surface area (Å²) in [5, 5.41) is 25.7. The van der Waals surface area contributed by atoms with Crippen LogP contribution in [0.15, 0.2) is 18.2 Å². The van der Waals surface area contributed by atoms with E-state index in [9.17, 15) is 15.2 Å². The van der Waals surface area contributed by atoms with E-state index in [-0.39, 0.29) is 24.0 Å². The molecule has 2 rings (SSSR count). The van der Waals surface area contributed by atoms with Gasteiger partial charge in [0.15, 0.2) is 0 Å². The third kappa shape index (κ3) is 5.99. The monoisotopic (exact) mass is 383 g/mol. The molecule has 6 nitrogen and oxygen atoms in total. The van der Waals surface area contributed by atoms with Crippen LogP contribution in [0, 0.1) is 29.6 Å². The standard InChI is InChI=1S/C22H29N3O3/c1-4-22(10-6-5-7-11-22)24-14-19(26)15-28-20-9-8-18(12-17(20)13-23)25-21(27)16(2)3/h1,8-9,12,16,19,24,26H,5-7,10-11,14-15H2,2-3H3,(H,25,27). The van der Waals surface area contributed by atoms with Crippen LogP contribution in [0.1, 0.15) is 51.5 Å². The molecular weight excluding hydrogens is 354 g/mol. The summed E-state index contributed by atoms with van der Waals surface area (Å²) in [6.45, 7) is 3.96. The quantitative estimate of drug-likeness (QED) is 0.600. The van der Waals surface area contributed by atoms with E-state index in [2.05, 4.69) is 22.6 Å². The minimum atomic E-state index is -0.751. The summed E-state index contributed by atoms with van der Waals surface area (Å²) >= 11 is 0. The second kappa shape index (κ2) is 10.1. The van der Waals surface area contributed by atoms with Crippen LogP contribution in [0.3, 0.4) is 0 Å². The van der Waals surface area contributed by atoms with Crippen molar-refractivity contribution < 1.29 is 14.6 Å². The maximum atomic E-state index is 11.8. The summed E-state index contributed by atoms with van der Waals surface area (Å²) in [4.78, 5) is 11.8. The predicted molar refractivity (Wildman–Crippen MR) is 109 cm³/mol. The van der Waals surface area contributed by atoms with Gasteiger partial charge < -0.3 is 15.2 Å². The van der Waals surface area contributed by atoms with Gasteiger partial charge in [0.25, 0.3) is 0 Å². The van der Waals surface area contributed by atoms with Crippen molar-refractivity contribution in [1.82, 2.24) is 5.32 Å². The Morgan fingerprint density at radius 2 is 2.07 bits per heavy atom. The van der Waals surface area contributed by atoms with Crippen molar-refractivity contribution in [2.45, 2.75) is 57.6 Å². The first-order valence-electron chi connectivity index (χ1n) is 9.78. The molecule has 1 aromatic rings. The SMILES string of the molecule is C#CC1(NCC(O)COc2ccc(NC(=O)C(C)C)cc2C#N)CCCCC1. The highest BCUT2D eigenvalue weighted by Gasteiger charge is 2.29. The predicted octanol–water partition coefficient (Wildman–Crippen LogP) is 2.82. The molecule has 1 amide bonds. The Kier molecular flexibility index (Phi) is 7.87. The molecule has 0 heterocycles. The molecular formula is C22H29N3O3. The van der Waals surface area contributed by atoms with E-state index in [1.54, 1.807) is 32.0 Å². The van der Waals surface area contributed by atoms with Gasteiger partial charge >= 0.3 is 0 Å². The van der Waals surface area contributed by atoms with Crippen LogP contribution in [-0.4, -0.2) is 35.8 Å². The summed E-state index contributed by atoms with van der Waals surface area (Å²) in [6, 6.07) is 6.93. The maximum Gasteiger partial charge on any atom is 0.226 e. The molecule has 0 spiro atoms. The normalized spacial score (nSPS) is 16.6. The number of carbonyl (C=O) groups excluding carboxylic acids is 1. The number of nitrogens with one attached hydrogen (secondary N) is 2. The van der Waals surface area contributed by atoms with Gasteiger partial charge in [-0.3, -0.25) is 10.1 Å². The number of anilines is 1. The lowest BCUT2D eigenvalue weighted by atomic mass is 9.82. The molecule has 1 fully saturated rings. The van der Waals surface area contributed by atoms with Crippen molar-refractivity contribution in [3.63, 3.8) is 0 Å². The highest BCUT2D eigenvalue weighted by atomic mass is 16.5. The first-order chi connectivity index (χ1) is 13.4. The second-order valence-corrected chi connectivity index (χ2v) is 7.60. The number of carbonyl (C=O) groups is 1. The molecule has 0 aromatic heterocycles.